The van der Waals surface area contributed by atoms with Crippen molar-refractivity contribution in [2.45, 2.75) is 37.6 Å². The molecule has 0 unspecified atom stereocenters. The predicted molar refractivity (Wildman–Crippen MR) is 65.1 cm³/mol. The molecule has 4 heteroatoms. The van der Waals surface area contributed by atoms with Crippen molar-refractivity contribution in [1.82, 2.24) is 5.32 Å². The lowest BCUT2D eigenvalue weighted by molar-refractivity contribution is -0.124. The summed E-state index contributed by atoms with van der Waals surface area (Å²) in [7, 11) is 0. The fraction of sp³-hybridized carbons (Fsp3) is 0.429. The fourth-order valence-electron chi connectivity index (χ4n) is 2.02. The molecule has 1 aromatic carbocycles. The zero-order valence-corrected chi connectivity index (χ0v) is 10.5. The summed E-state index contributed by atoms with van der Waals surface area (Å²) >= 11 is 0. The Balaban J connectivity index is 2.26. The molecule has 1 aliphatic carbocycles. The molecule has 0 saturated heterocycles. The molecule has 94 valence electrons. The van der Waals surface area contributed by atoms with Gasteiger partial charge in [-0.05, 0) is 32.8 Å². The highest BCUT2D eigenvalue weighted by Gasteiger charge is 2.53. The number of carbonyl (C=O) groups is 1. The van der Waals surface area contributed by atoms with Crippen LogP contribution >= 0.6 is 0 Å². The van der Waals surface area contributed by atoms with Gasteiger partial charge in [-0.2, -0.15) is 5.26 Å². The Morgan fingerprint density at radius 2 is 2.06 bits per heavy atom. The third-order valence-corrected chi connectivity index (χ3v) is 3.28. The lowest BCUT2D eigenvalue weighted by Gasteiger charge is -2.23. The first kappa shape index (κ1) is 12.6. The fourth-order valence-corrected chi connectivity index (χ4v) is 2.02. The van der Waals surface area contributed by atoms with E-state index in [4.69, 9.17) is 5.26 Å². The van der Waals surface area contributed by atoms with Crippen LogP contribution in [0.4, 0.5) is 4.39 Å². The third-order valence-electron chi connectivity index (χ3n) is 3.28. The third kappa shape index (κ3) is 2.08. The quantitative estimate of drug-likeness (QED) is 0.889. The highest BCUT2D eigenvalue weighted by atomic mass is 19.1. The van der Waals surface area contributed by atoms with Gasteiger partial charge >= 0.3 is 0 Å². The van der Waals surface area contributed by atoms with Crippen LogP contribution in [0.5, 0.6) is 0 Å². The molecule has 1 amide bonds. The summed E-state index contributed by atoms with van der Waals surface area (Å²) in [5.41, 5.74) is -1.28. The second kappa shape index (κ2) is 4.09. The van der Waals surface area contributed by atoms with Crippen LogP contribution in [0.15, 0.2) is 24.3 Å². The van der Waals surface area contributed by atoms with Crippen LogP contribution in [0.2, 0.25) is 0 Å². The van der Waals surface area contributed by atoms with Crippen molar-refractivity contribution in [2.75, 3.05) is 0 Å². The Kier molecular flexibility index (Phi) is 2.86. The largest absolute Gasteiger partial charge is 0.338 e. The number of rotatable bonds is 3. The van der Waals surface area contributed by atoms with Gasteiger partial charge in [-0.25, -0.2) is 4.39 Å². The molecule has 1 aliphatic rings. The van der Waals surface area contributed by atoms with E-state index < -0.39 is 11.0 Å². The Hall–Kier alpha value is -1.89. The molecule has 0 bridgehead atoms. The number of halogens is 1. The predicted octanol–water partition coefficient (Wildman–Crippen LogP) is 2.28. The first-order valence-electron chi connectivity index (χ1n) is 5.90. The molecule has 1 saturated carbocycles. The summed E-state index contributed by atoms with van der Waals surface area (Å²) < 4.78 is 13.8. The molecule has 18 heavy (non-hydrogen) atoms. The molecule has 0 atom stereocenters. The topological polar surface area (TPSA) is 52.9 Å². The summed E-state index contributed by atoms with van der Waals surface area (Å²) in [6.07, 6.45) is 1.25. The van der Waals surface area contributed by atoms with E-state index in [0.29, 0.717) is 18.4 Å². The van der Waals surface area contributed by atoms with E-state index in [1.165, 1.54) is 6.07 Å². The molecular weight excluding hydrogens is 231 g/mol. The molecular formula is C14H15FN2O. The van der Waals surface area contributed by atoms with Gasteiger partial charge in [0, 0.05) is 5.56 Å². The van der Waals surface area contributed by atoms with Gasteiger partial charge in [0.1, 0.15) is 11.4 Å². The average molecular weight is 246 g/mol. The van der Waals surface area contributed by atoms with Crippen LogP contribution in [-0.4, -0.2) is 11.4 Å². The van der Waals surface area contributed by atoms with Gasteiger partial charge in [0.25, 0.3) is 0 Å². The van der Waals surface area contributed by atoms with E-state index in [2.05, 4.69) is 5.32 Å². The van der Waals surface area contributed by atoms with Crippen LogP contribution in [0.3, 0.4) is 0 Å². The lowest BCUT2D eigenvalue weighted by atomic mass is 9.93. The van der Waals surface area contributed by atoms with Crippen molar-refractivity contribution < 1.29 is 9.18 Å². The molecule has 0 aliphatic heterocycles. The van der Waals surface area contributed by atoms with E-state index in [9.17, 15) is 9.18 Å². The standard InChI is InChI=1S/C14H15FN2O/c1-13(2,9-16)17-12(18)14(7-8-14)10-5-3-4-6-11(10)15/h3-6H,7-8H2,1-2H3,(H,17,18). The number of amides is 1. The number of hydrogen-bond acceptors (Lipinski definition) is 2. The second-order valence-electron chi connectivity index (χ2n) is 5.25. The molecule has 0 heterocycles. The van der Waals surface area contributed by atoms with Gasteiger partial charge in [-0.1, -0.05) is 18.2 Å². The van der Waals surface area contributed by atoms with Gasteiger partial charge in [0.05, 0.1) is 11.5 Å². The Morgan fingerprint density at radius 3 is 2.56 bits per heavy atom. The molecule has 3 nitrogen and oxygen atoms in total. The van der Waals surface area contributed by atoms with Crippen LogP contribution in [0, 0.1) is 17.1 Å². The van der Waals surface area contributed by atoms with E-state index in [1.807, 2.05) is 6.07 Å². The van der Waals surface area contributed by atoms with Crippen molar-refractivity contribution in [3.8, 4) is 6.07 Å². The highest BCUT2D eigenvalue weighted by molar-refractivity contribution is 5.92. The number of nitrogens with zero attached hydrogens (tertiary/aromatic N) is 1. The second-order valence-corrected chi connectivity index (χ2v) is 5.25. The van der Waals surface area contributed by atoms with Crippen molar-refractivity contribution in [2.24, 2.45) is 0 Å². The van der Waals surface area contributed by atoms with Crippen LogP contribution in [0.1, 0.15) is 32.3 Å². The smallest absolute Gasteiger partial charge is 0.231 e. The van der Waals surface area contributed by atoms with Crippen LogP contribution in [-0.2, 0) is 10.2 Å². The molecule has 0 spiro atoms. The van der Waals surface area contributed by atoms with Gasteiger partial charge in [0.2, 0.25) is 5.91 Å². The maximum atomic E-state index is 13.8. The maximum Gasteiger partial charge on any atom is 0.231 e. The summed E-state index contributed by atoms with van der Waals surface area (Å²) in [6.45, 7) is 3.25. The zero-order chi connectivity index (χ0) is 13.4. The number of carbonyl (C=O) groups excluding carboxylic acids is 1. The van der Waals surface area contributed by atoms with E-state index in [0.717, 1.165) is 0 Å². The zero-order valence-electron chi connectivity index (χ0n) is 10.5. The van der Waals surface area contributed by atoms with Gasteiger partial charge in [-0.3, -0.25) is 4.79 Å². The van der Waals surface area contributed by atoms with Crippen LogP contribution < -0.4 is 5.32 Å². The minimum Gasteiger partial charge on any atom is -0.338 e. The van der Waals surface area contributed by atoms with E-state index >= 15 is 0 Å². The first-order valence-corrected chi connectivity index (χ1v) is 5.90. The van der Waals surface area contributed by atoms with Crippen molar-refractivity contribution in [1.29, 1.82) is 5.26 Å². The average Bonchev–Trinajstić information content (AvgIpc) is 3.10. The number of hydrogen-bond donors (Lipinski definition) is 1. The Labute approximate surface area is 106 Å². The minimum atomic E-state index is -0.933. The highest BCUT2D eigenvalue weighted by Crippen LogP contribution is 2.49. The van der Waals surface area contributed by atoms with Crippen molar-refractivity contribution in [3.63, 3.8) is 0 Å². The Bertz CT molecular complexity index is 527. The SMILES string of the molecule is CC(C)(C#N)NC(=O)C1(c2ccccc2F)CC1. The lowest BCUT2D eigenvalue weighted by Crippen LogP contribution is -2.47. The molecule has 0 aromatic heterocycles. The number of nitriles is 1. The van der Waals surface area contributed by atoms with Crippen molar-refractivity contribution >= 4 is 5.91 Å². The Morgan fingerprint density at radius 1 is 1.44 bits per heavy atom. The van der Waals surface area contributed by atoms with Gasteiger partial charge in [-0.15, -0.1) is 0 Å². The van der Waals surface area contributed by atoms with E-state index in [1.54, 1.807) is 32.0 Å². The first-order chi connectivity index (χ1) is 8.41. The molecule has 1 N–H and O–H groups in total. The van der Waals surface area contributed by atoms with Gasteiger partial charge in [0.15, 0.2) is 0 Å². The van der Waals surface area contributed by atoms with Crippen LogP contribution in [0.25, 0.3) is 0 Å². The molecule has 1 aromatic rings. The van der Waals surface area contributed by atoms with Crippen molar-refractivity contribution in [3.05, 3.63) is 35.6 Å². The molecule has 0 radical (unpaired) electrons. The summed E-state index contributed by atoms with van der Waals surface area (Å²) in [5, 5.41) is 11.6. The molecule has 1 fully saturated rings. The minimum absolute atomic E-state index is 0.265. The number of benzene rings is 1. The van der Waals surface area contributed by atoms with Gasteiger partial charge < -0.3 is 5.32 Å². The summed E-state index contributed by atoms with van der Waals surface area (Å²) in [5.74, 6) is -0.626. The summed E-state index contributed by atoms with van der Waals surface area (Å²) in [4.78, 5) is 12.2. The normalized spacial score (nSPS) is 16.8. The van der Waals surface area contributed by atoms with E-state index in [-0.39, 0.29) is 11.7 Å². The monoisotopic (exact) mass is 246 g/mol. The summed E-state index contributed by atoms with van der Waals surface area (Å²) in [6, 6.07) is 8.34. The number of nitrogens with one attached hydrogen (secondary N) is 1. The molecule has 2 rings (SSSR count). The maximum absolute atomic E-state index is 13.8.